The van der Waals surface area contributed by atoms with Gasteiger partial charge in [0.1, 0.15) is 6.61 Å². The van der Waals surface area contributed by atoms with Crippen LogP contribution < -0.4 is 5.32 Å². The van der Waals surface area contributed by atoms with Crippen LogP contribution in [0.5, 0.6) is 0 Å². The highest BCUT2D eigenvalue weighted by molar-refractivity contribution is 5.87. The number of carbonyl (C=O) groups is 2. The number of aryl methyl sites for hydroxylation is 1. The van der Waals surface area contributed by atoms with E-state index in [2.05, 4.69) is 48.6 Å². The van der Waals surface area contributed by atoms with E-state index in [1.54, 1.807) is 11.9 Å². The number of nitrogens with one attached hydrogen (secondary N) is 1. The number of hydrogen-bond donors (Lipinski definition) is 1. The molecule has 0 spiro atoms. The van der Waals surface area contributed by atoms with Crippen molar-refractivity contribution in [3.8, 4) is 11.1 Å². The van der Waals surface area contributed by atoms with Gasteiger partial charge in [0.05, 0.1) is 13.2 Å². The molecule has 0 aromatic heterocycles. The molecule has 0 radical (unpaired) electrons. The van der Waals surface area contributed by atoms with Crippen LogP contribution in [-0.4, -0.2) is 62.8 Å². The number of methoxy groups -OCH3 is 1. The average molecular weight is 396 g/mol. The maximum atomic E-state index is 12.8. The van der Waals surface area contributed by atoms with E-state index in [9.17, 15) is 9.59 Å². The Balaban J connectivity index is 1.87. The van der Waals surface area contributed by atoms with E-state index in [1.165, 1.54) is 12.7 Å². The molecule has 1 atom stereocenters. The summed E-state index contributed by atoms with van der Waals surface area (Å²) in [6, 6.07) is 16.4. The van der Waals surface area contributed by atoms with E-state index in [4.69, 9.17) is 9.47 Å². The minimum atomic E-state index is -1.12. The molecule has 2 aromatic rings. The number of ether oxygens (including phenoxy) is 2. The van der Waals surface area contributed by atoms with Crippen molar-refractivity contribution in [3.63, 3.8) is 0 Å². The van der Waals surface area contributed by atoms with Gasteiger partial charge >= 0.3 is 0 Å². The molecule has 1 heterocycles. The molecule has 1 fully saturated rings. The van der Waals surface area contributed by atoms with Crippen molar-refractivity contribution in [3.05, 3.63) is 59.7 Å². The molecule has 0 aliphatic carbocycles. The first-order chi connectivity index (χ1) is 14.0. The molecule has 1 aliphatic rings. The molecular formula is C23H28N2O4. The highest BCUT2D eigenvalue weighted by atomic mass is 16.5. The number of carbonyl (C=O) groups excluding carboxylic acids is 2. The molecule has 0 saturated carbocycles. The van der Waals surface area contributed by atoms with E-state index >= 15 is 0 Å². The maximum absolute atomic E-state index is 12.8. The molecule has 3 rings (SSSR count). The number of rotatable bonds is 6. The molecule has 2 amide bonds. The van der Waals surface area contributed by atoms with Crippen molar-refractivity contribution in [2.75, 3.05) is 40.5 Å². The minimum Gasteiger partial charge on any atom is -0.375 e. The van der Waals surface area contributed by atoms with Gasteiger partial charge in [-0.2, -0.15) is 0 Å². The van der Waals surface area contributed by atoms with Gasteiger partial charge in [0, 0.05) is 27.1 Å². The quantitative estimate of drug-likeness (QED) is 0.813. The van der Waals surface area contributed by atoms with Crippen LogP contribution in [0.25, 0.3) is 11.1 Å². The molecular weight excluding hydrogens is 368 g/mol. The van der Waals surface area contributed by atoms with Gasteiger partial charge in [0.15, 0.2) is 5.60 Å². The third-order valence-electron chi connectivity index (χ3n) is 5.25. The smallest absolute Gasteiger partial charge is 0.254 e. The number of hydrogen-bond acceptors (Lipinski definition) is 4. The topological polar surface area (TPSA) is 67.9 Å². The van der Waals surface area contributed by atoms with Gasteiger partial charge in [-0.1, -0.05) is 54.1 Å². The van der Waals surface area contributed by atoms with Gasteiger partial charge < -0.3 is 19.7 Å². The van der Waals surface area contributed by atoms with Gasteiger partial charge in [0.25, 0.3) is 5.91 Å². The number of morpholine rings is 1. The number of likely N-dealkylation sites (N-methyl/N-ethyl adjacent to an activating group) is 1. The summed E-state index contributed by atoms with van der Waals surface area (Å²) in [5.41, 5.74) is 3.26. The monoisotopic (exact) mass is 396 g/mol. The molecule has 1 saturated heterocycles. The molecule has 154 valence electrons. The fourth-order valence-corrected chi connectivity index (χ4v) is 3.70. The lowest BCUT2D eigenvalue weighted by molar-refractivity contribution is -0.167. The summed E-state index contributed by atoms with van der Waals surface area (Å²) < 4.78 is 11.0. The SMILES string of the molecule is CNC(=O)[C@]1(Cc2cccc(-c3ccc(C)cc3)c2)CN(C(=O)COC)CCO1. The second kappa shape index (κ2) is 9.20. The van der Waals surface area contributed by atoms with E-state index in [1.807, 2.05) is 12.1 Å². The van der Waals surface area contributed by atoms with Crippen molar-refractivity contribution < 1.29 is 19.1 Å². The predicted octanol–water partition coefficient (Wildman–Crippen LogP) is 2.19. The Morgan fingerprint density at radius 1 is 1.17 bits per heavy atom. The highest BCUT2D eigenvalue weighted by Crippen LogP contribution is 2.27. The predicted molar refractivity (Wildman–Crippen MR) is 112 cm³/mol. The maximum Gasteiger partial charge on any atom is 0.254 e. The second-order valence-electron chi connectivity index (χ2n) is 7.41. The summed E-state index contributed by atoms with van der Waals surface area (Å²) in [6.45, 7) is 3.01. The lowest BCUT2D eigenvalue weighted by atomic mass is 9.89. The number of benzene rings is 2. The molecule has 1 N–H and O–H groups in total. The average Bonchev–Trinajstić information content (AvgIpc) is 2.74. The number of amides is 2. The molecule has 0 bridgehead atoms. The Hall–Kier alpha value is -2.70. The van der Waals surface area contributed by atoms with E-state index in [0.29, 0.717) is 19.6 Å². The van der Waals surface area contributed by atoms with Crippen LogP contribution in [0, 0.1) is 6.92 Å². The van der Waals surface area contributed by atoms with Crippen molar-refractivity contribution in [2.24, 2.45) is 0 Å². The van der Waals surface area contributed by atoms with Crippen molar-refractivity contribution in [1.29, 1.82) is 0 Å². The van der Waals surface area contributed by atoms with Crippen molar-refractivity contribution >= 4 is 11.8 Å². The van der Waals surface area contributed by atoms with Crippen LogP contribution in [0.1, 0.15) is 11.1 Å². The first-order valence-corrected chi connectivity index (χ1v) is 9.76. The van der Waals surface area contributed by atoms with E-state index in [0.717, 1.165) is 16.7 Å². The zero-order valence-electron chi connectivity index (χ0n) is 17.2. The first kappa shape index (κ1) is 21.0. The highest BCUT2D eigenvalue weighted by Gasteiger charge is 2.44. The number of nitrogens with zero attached hydrogens (tertiary/aromatic N) is 1. The van der Waals surface area contributed by atoms with Gasteiger partial charge in [-0.3, -0.25) is 9.59 Å². The van der Waals surface area contributed by atoms with Gasteiger partial charge in [0.2, 0.25) is 5.91 Å². The summed E-state index contributed by atoms with van der Waals surface area (Å²) >= 11 is 0. The summed E-state index contributed by atoms with van der Waals surface area (Å²) in [4.78, 5) is 26.8. The normalized spacial score (nSPS) is 19.1. The lowest BCUT2D eigenvalue weighted by Crippen LogP contribution is -2.62. The van der Waals surface area contributed by atoms with Gasteiger partial charge in [-0.05, 0) is 23.6 Å². The molecule has 6 heteroatoms. The summed E-state index contributed by atoms with van der Waals surface area (Å²) in [5, 5.41) is 2.71. The largest absolute Gasteiger partial charge is 0.375 e. The van der Waals surface area contributed by atoms with Crippen LogP contribution in [0.15, 0.2) is 48.5 Å². The van der Waals surface area contributed by atoms with Crippen LogP contribution >= 0.6 is 0 Å². The van der Waals surface area contributed by atoms with Crippen LogP contribution in [0.4, 0.5) is 0 Å². The summed E-state index contributed by atoms with van der Waals surface area (Å²) in [5.74, 6) is -0.370. The van der Waals surface area contributed by atoms with Crippen LogP contribution in [0.3, 0.4) is 0 Å². The molecule has 29 heavy (non-hydrogen) atoms. The first-order valence-electron chi connectivity index (χ1n) is 9.76. The summed E-state index contributed by atoms with van der Waals surface area (Å²) in [7, 11) is 3.08. The Labute approximate surface area is 171 Å². The Morgan fingerprint density at radius 2 is 1.93 bits per heavy atom. The van der Waals surface area contributed by atoms with Crippen molar-refractivity contribution in [2.45, 2.75) is 18.9 Å². The minimum absolute atomic E-state index is 0.00721. The van der Waals surface area contributed by atoms with Crippen LogP contribution in [0.2, 0.25) is 0 Å². The zero-order chi connectivity index (χ0) is 20.9. The third kappa shape index (κ3) is 4.83. The van der Waals surface area contributed by atoms with Gasteiger partial charge in [-0.25, -0.2) is 0 Å². The standard InChI is InChI=1S/C23H28N2O4/c1-17-7-9-19(10-8-17)20-6-4-5-18(13-20)14-23(22(27)24-2)16-25(11-12-29-23)21(26)15-28-3/h4-10,13H,11-12,14-16H2,1-3H3,(H,24,27)/t23-/m0/s1. The van der Waals surface area contributed by atoms with E-state index < -0.39 is 5.60 Å². The van der Waals surface area contributed by atoms with Gasteiger partial charge in [-0.15, -0.1) is 0 Å². The summed E-state index contributed by atoms with van der Waals surface area (Å²) in [6.07, 6.45) is 0.378. The Kier molecular flexibility index (Phi) is 6.67. The molecule has 1 aliphatic heterocycles. The molecule has 0 unspecified atom stereocenters. The third-order valence-corrected chi connectivity index (χ3v) is 5.25. The fourth-order valence-electron chi connectivity index (χ4n) is 3.70. The Morgan fingerprint density at radius 3 is 2.62 bits per heavy atom. The Bertz CT molecular complexity index is 865. The zero-order valence-corrected chi connectivity index (χ0v) is 17.2. The fraction of sp³-hybridized carbons (Fsp3) is 0.391. The van der Waals surface area contributed by atoms with Crippen molar-refractivity contribution in [1.82, 2.24) is 10.2 Å². The molecule has 6 nitrogen and oxygen atoms in total. The lowest BCUT2D eigenvalue weighted by Gasteiger charge is -2.41. The molecule has 2 aromatic carbocycles. The van der Waals surface area contributed by atoms with E-state index in [-0.39, 0.29) is 25.0 Å². The van der Waals surface area contributed by atoms with Crippen LogP contribution in [-0.2, 0) is 25.5 Å². The second-order valence-corrected chi connectivity index (χ2v) is 7.41.